The van der Waals surface area contributed by atoms with Crippen LogP contribution in [0.5, 0.6) is 0 Å². The molecule has 3 heterocycles. The third-order valence-electron chi connectivity index (χ3n) is 4.45. The van der Waals surface area contributed by atoms with Crippen LogP contribution >= 0.6 is 0 Å². The molecule has 7 heteroatoms. The van der Waals surface area contributed by atoms with Gasteiger partial charge >= 0.3 is 0 Å². The predicted octanol–water partition coefficient (Wildman–Crippen LogP) is 2.30. The second-order valence-corrected chi connectivity index (χ2v) is 6.27. The lowest BCUT2D eigenvalue weighted by Crippen LogP contribution is -2.42. The number of likely N-dealkylation sites (tertiary alicyclic amines) is 1. The summed E-state index contributed by atoms with van der Waals surface area (Å²) < 4.78 is 0. The fourth-order valence-electron chi connectivity index (χ4n) is 3.16. The monoisotopic (exact) mass is 337 g/mol. The summed E-state index contributed by atoms with van der Waals surface area (Å²) in [5.41, 5.74) is 3.03. The number of hydrogen-bond donors (Lipinski definition) is 3. The van der Waals surface area contributed by atoms with Gasteiger partial charge < -0.3 is 15.3 Å². The number of aromatic amines is 1. The largest absolute Gasteiger partial charge is 0.391 e. The van der Waals surface area contributed by atoms with Gasteiger partial charge in [0.25, 0.3) is 5.91 Å². The maximum Gasteiger partial charge on any atom is 0.257 e. The van der Waals surface area contributed by atoms with Crippen LogP contribution in [0, 0.1) is 0 Å². The molecule has 0 bridgehead atoms. The molecule has 4 rings (SSSR count). The summed E-state index contributed by atoms with van der Waals surface area (Å²) in [6.07, 6.45) is 6.09. The van der Waals surface area contributed by atoms with Crippen LogP contribution in [0.15, 0.2) is 42.9 Å². The average Bonchev–Trinajstić information content (AvgIpc) is 3.09. The maximum absolute atomic E-state index is 12.8. The number of carbonyl (C=O) groups is 1. The number of carbonyl (C=O) groups excluding carboxylic acids is 1. The van der Waals surface area contributed by atoms with Crippen LogP contribution in [0.4, 0.5) is 11.4 Å². The smallest absolute Gasteiger partial charge is 0.257 e. The van der Waals surface area contributed by atoms with Gasteiger partial charge in [-0.3, -0.25) is 14.9 Å². The zero-order chi connectivity index (χ0) is 17.2. The number of benzene rings is 1. The number of hydrogen-bond acceptors (Lipinski definition) is 5. The minimum absolute atomic E-state index is 0.112. The molecule has 1 aliphatic heterocycles. The molecule has 1 fully saturated rings. The summed E-state index contributed by atoms with van der Waals surface area (Å²) in [5.74, 6) is -0.112. The van der Waals surface area contributed by atoms with Crippen LogP contribution < -0.4 is 5.32 Å². The molecule has 1 unspecified atom stereocenters. The number of rotatable bonds is 3. The summed E-state index contributed by atoms with van der Waals surface area (Å²) in [6, 6.07) is 7.62. The number of nitrogens with zero attached hydrogens (tertiary/aromatic N) is 3. The van der Waals surface area contributed by atoms with E-state index >= 15 is 0 Å². The molecule has 1 atom stereocenters. The molecular formula is C18H19N5O2. The highest BCUT2D eigenvalue weighted by Crippen LogP contribution is 2.25. The van der Waals surface area contributed by atoms with E-state index in [1.54, 1.807) is 29.6 Å². The molecule has 2 aromatic heterocycles. The maximum atomic E-state index is 12.8. The molecule has 128 valence electrons. The number of fused-ring (bicyclic) bond motifs is 1. The Balaban J connectivity index is 1.61. The van der Waals surface area contributed by atoms with Crippen molar-refractivity contribution in [3.63, 3.8) is 0 Å². The average molecular weight is 337 g/mol. The molecule has 3 N–H and O–H groups in total. The number of H-pyrrole nitrogens is 1. The SMILES string of the molecule is O=C(c1cnccc1Nc1ccc2[nH]ncc2c1)N1CCCC(O)C1. The van der Waals surface area contributed by atoms with E-state index in [0.717, 1.165) is 29.4 Å². The number of aliphatic hydroxyl groups is 1. The Morgan fingerprint density at radius 2 is 2.24 bits per heavy atom. The van der Waals surface area contributed by atoms with Gasteiger partial charge in [0.15, 0.2) is 0 Å². The Morgan fingerprint density at radius 3 is 3.12 bits per heavy atom. The summed E-state index contributed by atoms with van der Waals surface area (Å²) >= 11 is 0. The lowest BCUT2D eigenvalue weighted by molar-refractivity contribution is 0.0474. The summed E-state index contributed by atoms with van der Waals surface area (Å²) in [6.45, 7) is 1.03. The van der Waals surface area contributed by atoms with Gasteiger partial charge in [-0.25, -0.2) is 0 Å². The standard InChI is InChI=1S/C18H19N5O2/c24-14-2-1-7-23(11-14)18(25)15-10-19-6-5-17(15)21-13-3-4-16-12(8-13)9-20-22-16/h3-6,8-10,14,24H,1-2,7,11H2,(H,19,21)(H,20,22). The quantitative estimate of drug-likeness (QED) is 0.682. The van der Waals surface area contributed by atoms with Gasteiger partial charge in [-0.1, -0.05) is 0 Å². The topological polar surface area (TPSA) is 94.1 Å². The third-order valence-corrected chi connectivity index (χ3v) is 4.45. The summed E-state index contributed by atoms with van der Waals surface area (Å²) in [5, 5.41) is 21.0. The minimum atomic E-state index is -0.450. The number of anilines is 2. The molecule has 7 nitrogen and oxygen atoms in total. The lowest BCUT2D eigenvalue weighted by Gasteiger charge is -2.30. The zero-order valence-electron chi connectivity index (χ0n) is 13.6. The predicted molar refractivity (Wildman–Crippen MR) is 94.8 cm³/mol. The number of pyridine rings is 1. The van der Waals surface area contributed by atoms with E-state index in [9.17, 15) is 9.90 Å². The highest BCUT2D eigenvalue weighted by Gasteiger charge is 2.25. The number of nitrogens with one attached hydrogen (secondary N) is 2. The van der Waals surface area contributed by atoms with E-state index in [4.69, 9.17) is 0 Å². The molecule has 0 aliphatic carbocycles. The van der Waals surface area contributed by atoms with Crippen molar-refractivity contribution >= 4 is 28.2 Å². The van der Waals surface area contributed by atoms with Crippen LogP contribution in [-0.2, 0) is 0 Å². The first-order valence-electron chi connectivity index (χ1n) is 8.32. The zero-order valence-corrected chi connectivity index (χ0v) is 13.6. The van der Waals surface area contributed by atoms with Crippen molar-refractivity contribution in [2.45, 2.75) is 18.9 Å². The van der Waals surface area contributed by atoms with Gasteiger partial charge in [-0.2, -0.15) is 5.10 Å². The van der Waals surface area contributed by atoms with Gasteiger partial charge in [0.2, 0.25) is 0 Å². The van der Waals surface area contributed by atoms with Crippen molar-refractivity contribution in [2.75, 3.05) is 18.4 Å². The van der Waals surface area contributed by atoms with Crippen molar-refractivity contribution in [1.82, 2.24) is 20.1 Å². The second kappa shape index (κ2) is 6.52. The van der Waals surface area contributed by atoms with Gasteiger partial charge in [0.1, 0.15) is 0 Å². The van der Waals surface area contributed by atoms with Crippen LogP contribution in [0.1, 0.15) is 23.2 Å². The fraction of sp³-hybridized carbons (Fsp3) is 0.278. The Labute approximate surface area is 144 Å². The molecule has 0 radical (unpaired) electrons. The number of β-amino-alcohol motifs (C(OH)–C–C–N with tert-alkyl or cyclic N) is 1. The molecule has 1 aromatic carbocycles. The van der Waals surface area contributed by atoms with E-state index in [1.165, 1.54) is 0 Å². The number of aromatic nitrogens is 3. The molecule has 0 spiro atoms. The van der Waals surface area contributed by atoms with Crippen molar-refractivity contribution in [3.05, 3.63) is 48.4 Å². The Morgan fingerprint density at radius 1 is 1.32 bits per heavy atom. The van der Waals surface area contributed by atoms with Crippen LogP contribution in [0.2, 0.25) is 0 Å². The van der Waals surface area contributed by atoms with Gasteiger partial charge in [-0.05, 0) is 37.1 Å². The van der Waals surface area contributed by atoms with Crippen molar-refractivity contribution in [1.29, 1.82) is 0 Å². The van der Waals surface area contributed by atoms with E-state index < -0.39 is 6.10 Å². The first-order chi connectivity index (χ1) is 12.2. The van der Waals surface area contributed by atoms with Gasteiger partial charge in [0.05, 0.1) is 29.1 Å². The van der Waals surface area contributed by atoms with Crippen LogP contribution in [-0.4, -0.2) is 50.3 Å². The van der Waals surface area contributed by atoms with Gasteiger partial charge in [-0.15, -0.1) is 0 Å². The highest BCUT2D eigenvalue weighted by atomic mass is 16.3. The highest BCUT2D eigenvalue weighted by molar-refractivity contribution is 6.00. The van der Waals surface area contributed by atoms with Crippen molar-refractivity contribution in [2.24, 2.45) is 0 Å². The molecule has 1 amide bonds. The van der Waals surface area contributed by atoms with Crippen molar-refractivity contribution < 1.29 is 9.90 Å². The lowest BCUT2D eigenvalue weighted by atomic mass is 10.1. The van der Waals surface area contributed by atoms with E-state index in [-0.39, 0.29) is 5.91 Å². The Hall–Kier alpha value is -2.93. The van der Waals surface area contributed by atoms with E-state index in [1.807, 2.05) is 18.2 Å². The molecule has 1 aliphatic rings. The Bertz CT molecular complexity index is 907. The van der Waals surface area contributed by atoms with E-state index in [2.05, 4.69) is 20.5 Å². The first kappa shape index (κ1) is 15.6. The summed E-state index contributed by atoms with van der Waals surface area (Å²) in [4.78, 5) is 18.6. The molecule has 3 aromatic rings. The van der Waals surface area contributed by atoms with Gasteiger partial charge in [0, 0.05) is 36.6 Å². The first-order valence-corrected chi connectivity index (χ1v) is 8.32. The molecule has 1 saturated heterocycles. The van der Waals surface area contributed by atoms with E-state index in [0.29, 0.717) is 24.3 Å². The molecule has 25 heavy (non-hydrogen) atoms. The number of aliphatic hydroxyl groups excluding tert-OH is 1. The summed E-state index contributed by atoms with van der Waals surface area (Å²) in [7, 11) is 0. The van der Waals surface area contributed by atoms with Crippen molar-refractivity contribution in [3.8, 4) is 0 Å². The number of amides is 1. The fourth-order valence-corrected chi connectivity index (χ4v) is 3.16. The van der Waals surface area contributed by atoms with Crippen LogP contribution in [0.3, 0.4) is 0 Å². The molecule has 0 saturated carbocycles. The van der Waals surface area contributed by atoms with Crippen LogP contribution in [0.25, 0.3) is 10.9 Å². The normalized spacial score (nSPS) is 17.6. The Kier molecular flexibility index (Phi) is 4.07. The molecular weight excluding hydrogens is 318 g/mol. The third kappa shape index (κ3) is 3.18. The number of piperidine rings is 1. The second-order valence-electron chi connectivity index (χ2n) is 6.27. The minimum Gasteiger partial charge on any atom is -0.391 e.